The van der Waals surface area contributed by atoms with Crippen molar-refractivity contribution in [3.8, 4) is 0 Å². The van der Waals surface area contributed by atoms with E-state index in [9.17, 15) is 4.79 Å². The molecule has 1 N–H and O–H groups in total. The normalized spacial score (nSPS) is 35.0. The Kier molecular flexibility index (Phi) is 4.18. The monoisotopic (exact) mass is 236 g/mol. The van der Waals surface area contributed by atoms with Crippen molar-refractivity contribution >= 4 is 5.97 Å². The van der Waals surface area contributed by atoms with Gasteiger partial charge in [-0.25, -0.2) is 0 Å². The number of hydrogen-bond donors (Lipinski definition) is 1. The molecular formula is C15H24O2. The standard InChI is InChI=1S/C15H24O2/c1-6-15(5)8-7-12(11(4)14(16)17)9-13(15)10(2)3/h6,11-13H,1-2,7-9H2,3-5H3,(H,16,17). The van der Waals surface area contributed by atoms with Gasteiger partial charge in [0.15, 0.2) is 0 Å². The zero-order chi connectivity index (χ0) is 13.2. The predicted molar refractivity (Wildman–Crippen MR) is 70.7 cm³/mol. The number of rotatable bonds is 4. The van der Waals surface area contributed by atoms with Gasteiger partial charge in [-0.3, -0.25) is 4.79 Å². The number of carboxylic acid groups (broad SMARTS) is 1. The molecule has 2 heteroatoms. The fraction of sp³-hybridized carbons (Fsp3) is 0.667. The molecule has 0 saturated heterocycles. The lowest BCUT2D eigenvalue weighted by Gasteiger charge is -2.44. The second-order valence-electron chi connectivity index (χ2n) is 5.77. The maximum absolute atomic E-state index is 11.1. The molecular weight excluding hydrogens is 212 g/mol. The van der Waals surface area contributed by atoms with Crippen molar-refractivity contribution in [2.45, 2.75) is 40.0 Å². The van der Waals surface area contributed by atoms with Crippen molar-refractivity contribution in [2.24, 2.45) is 23.2 Å². The molecule has 1 saturated carbocycles. The minimum atomic E-state index is -0.683. The van der Waals surface area contributed by atoms with E-state index < -0.39 is 5.97 Å². The van der Waals surface area contributed by atoms with Gasteiger partial charge >= 0.3 is 5.97 Å². The van der Waals surface area contributed by atoms with E-state index in [-0.39, 0.29) is 17.3 Å². The molecule has 0 amide bonds. The molecule has 0 bridgehead atoms. The van der Waals surface area contributed by atoms with Gasteiger partial charge in [0.25, 0.3) is 0 Å². The molecule has 1 aliphatic carbocycles. The molecule has 96 valence electrons. The average molecular weight is 236 g/mol. The van der Waals surface area contributed by atoms with E-state index >= 15 is 0 Å². The Labute approximate surface area is 104 Å². The van der Waals surface area contributed by atoms with Crippen LogP contribution >= 0.6 is 0 Å². The van der Waals surface area contributed by atoms with Crippen LogP contribution in [-0.4, -0.2) is 11.1 Å². The Morgan fingerprint density at radius 1 is 1.59 bits per heavy atom. The topological polar surface area (TPSA) is 37.3 Å². The van der Waals surface area contributed by atoms with E-state index in [1.165, 1.54) is 0 Å². The first-order valence-corrected chi connectivity index (χ1v) is 6.33. The lowest BCUT2D eigenvalue weighted by atomic mass is 9.60. The summed E-state index contributed by atoms with van der Waals surface area (Å²) in [6.45, 7) is 14.1. The highest BCUT2D eigenvalue weighted by Gasteiger charge is 2.40. The molecule has 0 aliphatic heterocycles. The summed E-state index contributed by atoms with van der Waals surface area (Å²) in [5, 5.41) is 9.10. The molecule has 1 aliphatic rings. The highest BCUT2D eigenvalue weighted by molar-refractivity contribution is 5.69. The van der Waals surface area contributed by atoms with Gasteiger partial charge in [0.05, 0.1) is 5.92 Å². The van der Waals surface area contributed by atoms with Gasteiger partial charge in [-0.05, 0) is 43.4 Å². The highest BCUT2D eigenvalue weighted by atomic mass is 16.4. The molecule has 1 fully saturated rings. The first kappa shape index (κ1) is 14.0. The summed E-state index contributed by atoms with van der Waals surface area (Å²) in [5.74, 6) is -0.313. The first-order chi connectivity index (χ1) is 7.81. The molecule has 0 spiro atoms. The minimum absolute atomic E-state index is 0.0839. The van der Waals surface area contributed by atoms with Gasteiger partial charge in [-0.15, -0.1) is 6.58 Å². The smallest absolute Gasteiger partial charge is 0.306 e. The Morgan fingerprint density at radius 3 is 2.59 bits per heavy atom. The van der Waals surface area contributed by atoms with E-state index in [1.807, 2.05) is 19.9 Å². The molecule has 17 heavy (non-hydrogen) atoms. The van der Waals surface area contributed by atoms with Crippen LogP contribution in [0, 0.1) is 23.2 Å². The van der Waals surface area contributed by atoms with Gasteiger partial charge in [0, 0.05) is 0 Å². The van der Waals surface area contributed by atoms with Crippen LogP contribution in [0.2, 0.25) is 0 Å². The van der Waals surface area contributed by atoms with E-state index in [0.717, 1.165) is 24.8 Å². The quantitative estimate of drug-likeness (QED) is 0.752. The summed E-state index contributed by atoms with van der Waals surface area (Å²) in [7, 11) is 0. The first-order valence-electron chi connectivity index (χ1n) is 6.33. The fourth-order valence-corrected chi connectivity index (χ4v) is 3.02. The minimum Gasteiger partial charge on any atom is -0.481 e. The fourth-order valence-electron chi connectivity index (χ4n) is 3.02. The van der Waals surface area contributed by atoms with Gasteiger partial charge < -0.3 is 5.11 Å². The lowest BCUT2D eigenvalue weighted by molar-refractivity contribution is -0.143. The Bertz CT molecular complexity index is 332. The summed E-state index contributed by atoms with van der Waals surface area (Å²) in [4.78, 5) is 11.1. The maximum Gasteiger partial charge on any atom is 0.306 e. The molecule has 4 atom stereocenters. The predicted octanol–water partition coefficient (Wildman–Crippen LogP) is 3.89. The van der Waals surface area contributed by atoms with Crippen molar-refractivity contribution in [3.05, 3.63) is 24.8 Å². The van der Waals surface area contributed by atoms with Gasteiger partial charge in [0.2, 0.25) is 0 Å². The third kappa shape index (κ3) is 2.80. The van der Waals surface area contributed by atoms with E-state index in [4.69, 9.17) is 5.11 Å². The second-order valence-corrected chi connectivity index (χ2v) is 5.77. The highest BCUT2D eigenvalue weighted by Crippen LogP contribution is 2.48. The number of hydrogen-bond acceptors (Lipinski definition) is 1. The van der Waals surface area contributed by atoms with Crippen LogP contribution < -0.4 is 0 Å². The summed E-state index contributed by atoms with van der Waals surface area (Å²) in [6, 6.07) is 0. The Balaban J connectivity index is 2.86. The molecule has 1 rings (SSSR count). The molecule has 4 unspecified atom stereocenters. The van der Waals surface area contributed by atoms with Crippen LogP contribution in [0.5, 0.6) is 0 Å². The van der Waals surface area contributed by atoms with Crippen LogP contribution in [0.3, 0.4) is 0 Å². The average Bonchev–Trinajstić information content (AvgIpc) is 2.28. The molecule has 0 heterocycles. The van der Waals surface area contributed by atoms with E-state index in [2.05, 4.69) is 20.1 Å². The number of allylic oxidation sites excluding steroid dienone is 2. The van der Waals surface area contributed by atoms with E-state index in [0.29, 0.717) is 5.92 Å². The summed E-state index contributed by atoms with van der Waals surface area (Å²) >= 11 is 0. The number of carboxylic acids is 1. The van der Waals surface area contributed by atoms with Crippen LogP contribution in [0.1, 0.15) is 40.0 Å². The third-order valence-corrected chi connectivity index (χ3v) is 4.55. The van der Waals surface area contributed by atoms with Gasteiger partial charge in [0.1, 0.15) is 0 Å². The molecule has 0 radical (unpaired) electrons. The van der Waals surface area contributed by atoms with Gasteiger partial charge in [-0.1, -0.05) is 32.1 Å². The summed E-state index contributed by atoms with van der Waals surface area (Å²) < 4.78 is 0. The third-order valence-electron chi connectivity index (χ3n) is 4.55. The zero-order valence-corrected chi connectivity index (χ0v) is 11.2. The van der Waals surface area contributed by atoms with Gasteiger partial charge in [-0.2, -0.15) is 0 Å². The molecule has 0 aromatic rings. The van der Waals surface area contributed by atoms with Crippen LogP contribution in [0.25, 0.3) is 0 Å². The van der Waals surface area contributed by atoms with Crippen LogP contribution in [0.4, 0.5) is 0 Å². The van der Waals surface area contributed by atoms with Crippen LogP contribution in [-0.2, 0) is 4.79 Å². The van der Waals surface area contributed by atoms with Crippen molar-refractivity contribution in [2.75, 3.05) is 0 Å². The zero-order valence-electron chi connectivity index (χ0n) is 11.2. The molecule has 2 nitrogen and oxygen atoms in total. The van der Waals surface area contributed by atoms with Crippen molar-refractivity contribution < 1.29 is 9.90 Å². The maximum atomic E-state index is 11.1. The summed E-state index contributed by atoms with van der Waals surface area (Å²) in [6.07, 6.45) is 4.93. The van der Waals surface area contributed by atoms with Crippen molar-refractivity contribution in [1.82, 2.24) is 0 Å². The second kappa shape index (κ2) is 5.07. The summed E-state index contributed by atoms with van der Waals surface area (Å²) in [5.41, 5.74) is 1.23. The van der Waals surface area contributed by atoms with Crippen LogP contribution in [0.15, 0.2) is 24.8 Å². The molecule has 0 aromatic carbocycles. The van der Waals surface area contributed by atoms with Crippen molar-refractivity contribution in [1.29, 1.82) is 0 Å². The number of carbonyl (C=O) groups is 1. The number of aliphatic carboxylic acids is 1. The Morgan fingerprint density at radius 2 is 2.18 bits per heavy atom. The van der Waals surface area contributed by atoms with Crippen molar-refractivity contribution in [3.63, 3.8) is 0 Å². The SMILES string of the molecule is C=CC1(C)CCC(C(C)C(=O)O)CC1C(=C)C. The Hall–Kier alpha value is -1.05. The van der Waals surface area contributed by atoms with E-state index in [1.54, 1.807) is 0 Å². The largest absolute Gasteiger partial charge is 0.481 e. The lowest BCUT2D eigenvalue weighted by Crippen LogP contribution is -2.36. The molecule has 0 aromatic heterocycles.